The van der Waals surface area contributed by atoms with Crippen molar-refractivity contribution in [3.63, 3.8) is 0 Å². The molecule has 8 nitrogen and oxygen atoms in total. The van der Waals surface area contributed by atoms with Crippen LogP contribution in [0.5, 0.6) is 5.75 Å². The molecule has 1 unspecified atom stereocenters. The second kappa shape index (κ2) is 12.3. The minimum atomic E-state index is -0.769. The van der Waals surface area contributed by atoms with Gasteiger partial charge in [-0.05, 0) is 56.2 Å². The number of nitrogens with zero attached hydrogens (tertiary/aromatic N) is 3. The summed E-state index contributed by atoms with van der Waals surface area (Å²) >= 11 is 12.3. The number of hydrogen-bond donors (Lipinski definition) is 2. The largest absolute Gasteiger partial charge is 0.492 e. The average Bonchev–Trinajstić information content (AvgIpc) is 3.21. The van der Waals surface area contributed by atoms with Gasteiger partial charge in [-0.15, -0.1) is 5.10 Å². The molecule has 1 atom stereocenters. The molecule has 3 N–H and O–H groups in total. The van der Waals surface area contributed by atoms with Crippen LogP contribution in [0.25, 0.3) is 10.9 Å². The fourth-order valence-corrected chi connectivity index (χ4v) is 4.43. The molecule has 1 aromatic heterocycles. The first-order valence-electron chi connectivity index (χ1n) is 12.5. The van der Waals surface area contributed by atoms with Gasteiger partial charge in [-0.1, -0.05) is 59.6 Å². The van der Waals surface area contributed by atoms with Crippen molar-refractivity contribution in [2.24, 2.45) is 0 Å². The Kier molecular flexibility index (Phi) is 9.02. The highest BCUT2D eigenvalue weighted by molar-refractivity contribution is 6.34. The Bertz CT molecular complexity index is 1440. The number of aromatic nitrogens is 2. The van der Waals surface area contributed by atoms with Gasteiger partial charge in [0.1, 0.15) is 18.0 Å². The van der Waals surface area contributed by atoms with Gasteiger partial charge in [0.15, 0.2) is 5.15 Å². The molecule has 10 heteroatoms. The fourth-order valence-electron chi connectivity index (χ4n) is 4.08. The van der Waals surface area contributed by atoms with Crippen LogP contribution in [-0.4, -0.2) is 51.2 Å². The minimum absolute atomic E-state index is 0.202. The van der Waals surface area contributed by atoms with Gasteiger partial charge in [-0.2, -0.15) is 4.68 Å². The molecule has 3 aromatic carbocycles. The molecule has 0 saturated carbocycles. The summed E-state index contributed by atoms with van der Waals surface area (Å²) in [6.45, 7) is 7.19. The number of fused-ring (bicyclic) bond motifs is 1. The maximum atomic E-state index is 12.7. The van der Waals surface area contributed by atoms with Crippen molar-refractivity contribution in [1.29, 1.82) is 0 Å². The molecular weight excluding hydrogens is 539 g/mol. The van der Waals surface area contributed by atoms with E-state index >= 15 is 0 Å². The van der Waals surface area contributed by atoms with E-state index < -0.39 is 17.8 Å². The Morgan fingerprint density at radius 2 is 1.85 bits per heavy atom. The molecule has 0 spiro atoms. The monoisotopic (exact) mass is 570 g/mol. The summed E-state index contributed by atoms with van der Waals surface area (Å²) in [6, 6.07) is 20.4. The molecule has 0 aliphatic heterocycles. The maximum absolute atomic E-state index is 12.7. The van der Waals surface area contributed by atoms with Gasteiger partial charge in [-0.25, -0.2) is 4.79 Å². The first-order valence-corrected chi connectivity index (χ1v) is 13.3. The number of carbonyl (C=O) groups excluding carboxylic acids is 1. The summed E-state index contributed by atoms with van der Waals surface area (Å²) < 4.78 is 12.7. The Hall–Kier alpha value is -3.30. The molecule has 0 fully saturated rings. The average molecular weight is 572 g/mol. The van der Waals surface area contributed by atoms with Gasteiger partial charge in [0.2, 0.25) is 0 Å². The molecule has 0 bridgehead atoms. The molecule has 4 aromatic rings. The molecule has 0 aliphatic rings. The van der Waals surface area contributed by atoms with E-state index in [-0.39, 0.29) is 5.15 Å². The zero-order valence-electron chi connectivity index (χ0n) is 22.1. The number of halogens is 2. The van der Waals surface area contributed by atoms with Crippen LogP contribution in [-0.2, 0) is 11.3 Å². The van der Waals surface area contributed by atoms with Crippen LogP contribution in [0.4, 0.5) is 10.5 Å². The third kappa shape index (κ3) is 7.64. The number of carbonyl (C=O) groups is 1. The highest BCUT2D eigenvalue weighted by atomic mass is 35.5. The smallest absolute Gasteiger partial charge is 0.435 e. The van der Waals surface area contributed by atoms with Crippen LogP contribution in [0.1, 0.15) is 38.0 Å². The van der Waals surface area contributed by atoms with Gasteiger partial charge < -0.3 is 20.3 Å². The minimum Gasteiger partial charge on any atom is -0.492 e. The van der Waals surface area contributed by atoms with Crippen molar-refractivity contribution in [1.82, 2.24) is 14.7 Å². The van der Waals surface area contributed by atoms with Crippen LogP contribution in [0, 0.1) is 0 Å². The lowest BCUT2D eigenvalue weighted by atomic mass is 10.1. The summed E-state index contributed by atoms with van der Waals surface area (Å²) in [6.07, 6.45) is -1.39. The van der Waals surface area contributed by atoms with Crippen molar-refractivity contribution in [3.8, 4) is 5.75 Å². The third-order valence-electron chi connectivity index (χ3n) is 5.94. The number of nitrogens with two attached hydrogens (primary N) is 1. The van der Waals surface area contributed by atoms with Gasteiger partial charge >= 0.3 is 6.09 Å². The van der Waals surface area contributed by atoms with Gasteiger partial charge in [0, 0.05) is 31.1 Å². The van der Waals surface area contributed by atoms with E-state index in [2.05, 4.69) is 10.00 Å². The van der Waals surface area contributed by atoms with Gasteiger partial charge in [0.25, 0.3) is 0 Å². The molecular formula is C29H32Cl2N4O4. The fraction of sp³-hybridized carbons (Fsp3) is 0.310. The normalized spacial score (nSPS) is 12.6. The number of aliphatic hydroxyl groups is 1. The Morgan fingerprint density at radius 3 is 2.54 bits per heavy atom. The standard InChI is InChI=1S/C29H32Cl2N4O4/c1-29(2,3)39-28(37)35-25-16-21(10-11-22(25)27(31)33-35)38-14-13-34(17-19-7-5-4-6-8-19)18-26(36)20-9-12-23(30)24(32)15-20/h4-12,15-16,26,36H,13-14,17-18,32H2,1-3H3. The lowest BCUT2D eigenvalue weighted by Crippen LogP contribution is -2.32. The van der Waals surface area contributed by atoms with Crippen molar-refractivity contribution in [3.05, 3.63) is 88.0 Å². The second-order valence-corrected chi connectivity index (χ2v) is 11.0. The molecule has 0 saturated heterocycles. The number of rotatable bonds is 9. The maximum Gasteiger partial charge on any atom is 0.435 e. The topological polar surface area (TPSA) is 103 Å². The lowest BCUT2D eigenvalue weighted by molar-refractivity contribution is 0.0522. The zero-order chi connectivity index (χ0) is 28.2. The SMILES string of the molecule is CC(C)(C)OC(=O)n1nc(Cl)c2ccc(OCCN(Cc3ccccc3)CC(O)c3ccc(Cl)c(N)c3)cc21. The van der Waals surface area contributed by atoms with Crippen molar-refractivity contribution < 1.29 is 19.4 Å². The number of anilines is 1. The van der Waals surface area contributed by atoms with E-state index in [1.165, 1.54) is 0 Å². The van der Waals surface area contributed by atoms with E-state index in [0.717, 1.165) is 10.2 Å². The predicted octanol–water partition coefficient (Wildman–Crippen LogP) is 6.32. The number of ether oxygens (including phenoxy) is 2. The van der Waals surface area contributed by atoms with E-state index in [0.29, 0.717) is 59.2 Å². The molecule has 1 heterocycles. The molecule has 0 radical (unpaired) electrons. The van der Waals surface area contributed by atoms with Crippen LogP contribution in [0.2, 0.25) is 10.2 Å². The molecule has 39 heavy (non-hydrogen) atoms. The van der Waals surface area contributed by atoms with Crippen molar-refractivity contribution in [2.75, 3.05) is 25.4 Å². The first-order chi connectivity index (χ1) is 18.5. The van der Waals surface area contributed by atoms with Gasteiger partial charge in [-0.3, -0.25) is 4.90 Å². The summed E-state index contributed by atoms with van der Waals surface area (Å²) in [5, 5.41) is 16.3. The highest BCUT2D eigenvalue weighted by Crippen LogP contribution is 2.28. The summed E-state index contributed by atoms with van der Waals surface area (Å²) in [4.78, 5) is 14.8. The Labute approximate surface area is 237 Å². The Morgan fingerprint density at radius 1 is 1.10 bits per heavy atom. The summed E-state index contributed by atoms with van der Waals surface area (Å²) in [5.74, 6) is 0.551. The number of nitrogen functional groups attached to an aromatic ring is 1. The first kappa shape index (κ1) is 28.7. The van der Waals surface area contributed by atoms with E-state index in [4.69, 9.17) is 38.4 Å². The zero-order valence-corrected chi connectivity index (χ0v) is 23.6. The number of hydrogen-bond acceptors (Lipinski definition) is 7. The Balaban J connectivity index is 1.47. The molecule has 0 aliphatic carbocycles. The third-order valence-corrected chi connectivity index (χ3v) is 6.56. The lowest BCUT2D eigenvalue weighted by Gasteiger charge is -2.25. The van der Waals surface area contributed by atoms with Crippen molar-refractivity contribution in [2.45, 2.75) is 39.0 Å². The van der Waals surface area contributed by atoms with Crippen LogP contribution in [0.3, 0.4) is 0 Å². The van der Waals surface area contributed by atoms with Crippen molar-refractivity contribution >= 4 is 45.9 Å². The predicted molar refractivity (Wildman–Crippen MR) is 154 cm³/mol. The van der Waals surface area contributed by atoms with Crippen LogP contribution < -0.4 is 10.5 Å². The van der Waals surface area contributed by atoms with E-state index in [1.54, 1.807) is 57.2 Å². The molecule has 4 rings (SSSR count). The van der Waals surface area contributed by atoms with E-state index in [1.807, 2.05) is 30.3 Å². The quantitative estimate of drug-likeness (QED) is 0.227. The van der Waals surface area contributed by atoms with E-state index in [9.17, 15) is 9.90 Å². The highest BCUT2D eigenvalue weighted by Gasteiger charge is 2.22. The van der Waals surface area contributed by atoms with Gasteiger partial charge in [0.05, 0.1) is 22.3 Å². The molecule has 206 valence electrons. The second-order valence-electron chi connectivity index (χ2n) is 10.2. The number of aliphatic hydroxyl groups excluding tert-OH is 1. The van der Waals surface area contributed by atoms with Crippen LogP contribution >= 0.6 is 23.2 Å². The molecule has 0 amide bonds. The summed E-state index contributed by atoms with van der Waals surface area (Å²) in [5.41, 5.74) is 7.97. The number of benzene rings is 3. The van der Waals surface area contributed by atoms with Crippen LogP contribution in [0.15, 0.2) is 66.7 Å². The summed E-state index contributed by atoms with van der Waals surface area (Å²) in [7, 11) is 0.